The number of rotatable bonds is 11. The molecule has 2 unspecified atom stereocenters. The van der Waals surface area contributed by atoms with Crippen LogP contribution in [0.5, 0.6) is 0 Å². The van der Waals surface area contributed by atoms with E-state index in [1.807, 2.05) is 31.2 Å². The predicted molar refractivity (Wildman–Crippen MR) is 108 cm³/mol. The molecule has 2 nitrogen and oxygen atoms in total. The fourth-order valence-electron chi connectivity index (χ4n) is 3.36. The normalized spacial score (nSPS) is 13.6. The average molecular weight is 358 g/mol. The number of hydrogen-bond acceptors (Lipinski definition) is 3. The van der Waals surface area contributed by atoms with Crippen LogP contribution in [0.2, 0.25) is 0 Å². The van der Waals surface area contributed by atoms with Crippen molar-refractivity contribution in [3.63, 3.8) is 0 Å². The lowest BCUT2D eigenvalue weighted by atomic mass is 9.84. The van der Waals surface area contributed by atoms with Gasteiger partial charge in [0.2, 0.25) is 0 Å². The van der Waals surface area contributed by atoms with E-state index in [0.717, 1.165) is 30.4 Å². The summed E-state index contributed by atoms with van der Waals surface area (Å²) in [5.41, 5.74) is 8.41. The highest BCUT2D eigenvalue weighted by molar-refractivity contribution is 7.09. The fourth-order valence-corrected chi connectivity index (χ4v) is 4.14. The number of unbranched alkanes of at least 4 members (excludes halogenated alkanes) is 4. The Labute approximate surface area is 156 Å². The van der Waals surface area contributed by atoms with E-state index < -0.39 is 0 Å². The van der Waals surface area contributed by atoms with Crippen LogP contribution >= 0.6 is 11.3 Å². The largest absolute Gasteiger partial charge is 0.327 e. The third kappa shape index (κ3) is 6.09. The van der Waals surface area contributed by atoms with Crippen molar-refractivity contribution in [1.82, 2.24) is 0 Å². The summed E-state index contributed by atoms with van der Waals surface area (Å²) in [6.07, 6.45) is 7.72. The molecule has 25 heavy (non-hydrogen) atoms. The maximum absolute atomic E-state index is 13.2. The fraction of sp³-hybridized carbons (Fsp3) is 0.500. The minimum Gasteiger partial charge on any atom is -0.327 e. The Kier molecular flexibility index (Phi) is 8.36. The summed E-state index contributed by atoms with van der Waals surface area (Å²) in [4.78, 5) is 14.4. The third-order valence-electron chi connectivity index (χ3n) is 4.90. The van der Waals surface area contributed by atoms with Crippen molar-refractivity contribution in [3.8, 4) is 0 Å². The van der Waals surface area contributed by atoms with Crippen LogP contribution < -0.4 is 5.73 Å². The molecule has 136 valence electrons. The van der Waals surface area contributed by atoms with Crippen LogP contribution in [0.1, 0.15) is 66.2 Å². The van der Waals surface area contributed by atoms with Crippen molar-refractivity contribution in [1.29, 1.82) is 0 Å². The van der Waals surface area contributed by atoms with Crippen LogP contribution in [-0.2, 0) is 6.42 Å². The van der Waals surface area contributed by atoms with E-state index in [0.29, 0.717) is 0 Å². The van der Waals surface area contributed by atoms with Gasteiger partial charge in [0.25, 0.3) is 0 Å². The minimum absolute atomic E-state index is 0.0928. The molecule has 0 bridgehead atoms. The summed E-state index contributed by atoms with van der Waals surface area (Å²) in [6.45, 7) is 4.23. The maximum Gasteiger partial charge on any atom is 0.167 e. The molecule has 0 fully saturated rings. The van der Waals surface area contributed by atoms with E-state index in [2.05, 4.69) is 24.4 Å². The summed E-state index contributed by atoms with van der Waals surface area (Å²) in [7, 11) is 0. The predicted octanol–water partition coefficient (Wildman–Crippen LogP) is 5.79. The van der Waals surface area contributed by atoms with Gasteiger partial charge in [-0.05, 0) is 36.8 Å². The lowest BCUT2D eigenvalue weighted by Gasteiger charge is -2.23. The van der Waals surface area contributed by atoms with Gasteiger partial charge in [-0.1, -0.05) is 69.4 Å². The van der Waals surface area contributed by atoms with Crippen molar-refractivity contribution in [2.24, 2.45) is 11.7 Å². The Morgan fingerprint density at radius 1 is 1.08 bits per heavy atom. The van der Waals surface area contributed by atoms with E-state index in [1.54, 1.807) is 11.3 Å². The van der Waals surface area contributed by atoms with Gasteiger partial charge in [0.1, 0.15) is 0 Å². The van der Waals surface area contributed by atoms with Crippen LogP contribution in [-0.4, -0.2) is 11.8 Å². The molecular formula is C22H31NOS. The van der Waals surface area contributed by atoms with Gasteiger partial charge < -0.3 is 5.73 Å². The van der Waals surface area contributed by atoms with Gasteiger partial charge in [-0.3, -0.25) is 4.79 Å². The molecule has 0 amide bonds. The van der Waals surface area contributed by atoms with Crippen LogP contribution in [0.15, 0.2) is 41.8 Å². The van der Waals surface area contributed by atoms with Crippen molar-refractivity contribution < 1.29 is 4.79 Å². The topological polar surface area (TPSA) is 43.1 Å². The number of thiophene rings is 1. The summed E-state index contributed by atoms with van der Waals surface area (Å²) in [5, 5.41) is 2.07. The molecule has 0 aliphatic heterocycles. The lowest BCUT2D eigenvalue weighted by molar-refractivity contribution is 0.0890. The number of carbonyl (C=O) groups is 1. The molecule has 0 spiro atoms. The average Bonchev–Trinajstić information content (AvgIpc) is 3.11. The summed E-state index contributed by atoms with van der Waals surface area (Å²) in [5.74, 6) is 0.127. The number of carbonyl (C=O) groups excluding carboxylic acids is 1. The Balaban J connectivity index is 2.07. The zero-order chi connectivity index (χ0) is 18.1. The number of hydrogen-bond donors (Lipinski definition) is 1. The molecule has 1 aromatic carbocycles. The first-order valence-corrected chi connectivity index (χ1v) is 10.4. The van der Waals surface area contributed by atoms with Crippen LogP contribution in [0.4, 0.5) is 0 Å². The number of ketones is 1. The van der Waals surface area contributed by atoms with Gasteiger partial charge >= 0.3 is 0 Å². The molecule has 0 radical (unpaired) electrons. The van der Waals surface area contributed by atoms with Crippen LogP contribution in [0.25, 0.3) is 0 Å². The van der Waals surface area contributed by atoms with Gasteiger partial charge in [0.05, 0.1) is 0 Å². The quantitative estimate of drug-likeness (QED) is 0.409. The lowest BCUT2D eigenvalue weighted by Crippen LogP contribution is -2.37. The Morgan fingerprint density at radius 3 is 2.52 bits per heavy atom. The van der Waals surface area contributed by atoms with Crippen molar-refractivity contribution in [2.45, 2.75) is 64.8 Å². The van der Waals surface area contributed by atoms with Gasteiger partial charge in [-0.25, -0.2) is 0 Å². The molecule has 0 aliphatic rings. The van der Waals surface area contributed by atoms with Crippen molar-refractivity contribution >= 4 is 17.1 Å². The van der Waals surface area contributed by atoms with Crippen LogP contribution in [0, 0.1) is 12.8 Å². The maximum atomic E-state index is 13.2. The van der Waals surface area contributed by atoms with E-state index in [1.165, 1.54) is 30.6 Å². The highest BCUT2D eigenvalue weighted by Gasteiger charge is 2.27. The molecule has 0 aliphatic carbocycles. The van der Waals surface area contributed by atoms with E-state index in [9.17, 15) is 4.79 Å². The number of benzene rings is 1. The molecule has 2 rings (SSSR count). The first-order valence-electron chi connectivity index (χ1n) is 9.51. The second-order valence-electron chi connectivity index (χ2n) is 6.94. The highest BCUT2D eigenvalue weighted by atomic mass is 32.1. The summed E-state index contributed by atoms with van der Waals surface area (Å²) >= 11 is 1.72. The first-order chi connectivity index (χ1) is 12.1. The number of nitrogens with two attached hydrogens (primary N) is 1. The van der Waals surface area contributed by atoms with E-state index >= 15 is 0 Å². The molecule has 2 aromatic rings. The van der Waals surface area contributed by atoms with Gasteiger partial charge in [0.15, 0.2) is 5.78 Å². The molecule has 0 saturated carbocycles. The molecule has 1 aromatic heterocycles. The summed E-state index contributed by atoms with van der Waals surface area (Å²) in [6, 6.07) is 11.9. The Morgan fingerprint density at radius 2 is 1.84 bits per heavy atom. The first kappa shape index (κ1) is 19.9. The monoisotopic (exact) mass is 357 g/mol. The molecule has 2 atom stereocenters. The second kappa shape index (κ2) is 10.5. The van der Waals surface area contributed by atoms with Gasteiger partial charge in [0, 0.05) is 22.4 Å². The zero-order valence-electron chi connectivity index (χ0n) is 15.5. The molecule has 1 heterocycles. The molecule has 2 N–H and O–H groups in total. The van der Waals surface area contributed by atoms with Crippen molar-refractivity contribution in [3.05, 3.63) is 57.8 Å². The van der Waals surface area contributed by atoms with Crippen molar-refractivity contribution in [2.75, 3.05) is 0 Å². The minimum atomic E-state index is -0.114. The number of Topliss-reactive ketones (excluding diaryl/α,β-unsaturated/α-hetero) is 1. The zero-order valence-corrected chi connectivity index (χ0v) is 16.4. The van der Waals surface area contributed by atoms with E-state index in [-0.39, 0.29) is 17.7 Å². The molecular weight excluding hydrogens is 326 g/mol. The van der Waals surface area contributed by atoms with Gasteiger partial charge in [-0.2, -0.15) is 0 Å². The second-order valence-corrected chi connectivity index (χ2v) is 7.97. The van der Waals surface area contributed by atoms with Crippen LogP contribution in [0.3, 0.4) is 0 Å². The smallest absolute Gasteiger partial charge is 0.167 e. The SMILES string of the molecule is CCCCCCCC(C(=O)c1ccccc1C)C(N)Cc1cccs1. The highest BCUT2D eigenvalue weighted by Crippen LogP contribution is 2.24. The Hall–Kier alpha value is -1.45. The third-order valence-corrected chi connectivity index (χ3v) is 5.80. The van der Waals surface area contributed by atoms with E-state index in [4.69, 9.17) is 5.73 Å². The summed E-state index contributed by atoms with van der Waals surface area (Å²) < 4.78 is 0. The Bertz CT molecular complexity index is 635. The molecule has 3 heteroatoms. The standard InChI is InChI=1S/C22H31NOS/c1-3-4-5-6-7-14-20(21(23)16-18-12-10-15-25-18)22(24)19-13-9-8-11-17(19)2/h8-13,15,20-21H,3-7,14,16,23H2,1-2H3. The number of aryl methyl sites for hydroxylation is 1. The molecule has 0 saturated heterocycles. The van der Waals surface area contributed by atoms with Gasteiger partial charge in [-0.15, -0.1) is 11.3 Å².